The molecule has 1 amide bonds. The fourth-order valence-corrected chi connectivity index (χ4v) is 5.62. The van der Waals surface area contributed by atoms with Crippen LogP contribution in [0.4, 0.5) is 5.69 Å². The van der Waals surface area contributed by atoms with Crippen molar-refractivity contribution in [3.63, 3.8) is 0 Å². The molecule has 0 saturated carbocycles. The maximum atomic E-state index is 13.0. The zero-order valence-electron chi connectivity index (χ0n) is 20.8. The van der Waals surface area contributed by atoms with Crippen molar-refractivity contribution in [3.8, 4) is 0 Å². The lowest BCUT2D eigenvalue weighted by molar-refractivity contribution is 0.0935. The SMILES string of the molecule is CCC(NC(=O)c1ccc(CN(c2cccc(C)c2)S(C)(=O)=O)cc1)c1ccc2c(c1)CCCC2. The van der Waals surface area contributed by atoms with Crippen LogP contribution in [0.2, 0.25) is 0 Å². The van der Waals surface area contributed by atoms with Crippen molar-refractivity contribution in [3.05, 3.63) is 100 Å². The van der Waals surface area contributed by atoms with Gasteiger partial charge in [0, 0.05) is 5.56 Å². The van der Waals surface area contributed by atoms with Gasteiger partial charge in [-0.3, -0.25) is 9.10 Å². The van der Waals surface area contributed by atoms with E-state index >= 15 is 0 Å². The van der Waals surface area contributed by atoms with Gasteiger partial charge >= 0.3 is 0 Å². The number of fused-ring (bicyclic) bond motifs is 1. The molecule has 1 N–H and O–H groups in total. The van der Waals surface area contributed by atoms with Crippen molar-refractivity contribution in [2.24, 2.45) is 0 Å². The fourth-order valence-electron chi connectivity index (χ4n) is 4.74. The Hall–Kier alpha value is -3.12. The molecule has 0 radical (unpaired) electrons. The summed E-state index contributed by atoms with van der Waals surface area (Å²) in [5.41, 5.74) is 7.00. The predicted molar refractivity (Wildman–Crippen MR) is 142 cm³/mol. The van der Waals surface area contributed by atoms with Gasteiger partial charge < -0.3 is 5.32 Å². The molecule has 1 unspecified atom stereocenters. The highest BCUT2D eigenvalue weighted by Crippen LogP contribution is 2.27. The molecule has 4 rings (SSSR count). The van der Waals surface area contributed by atoms with E-state index in [1.165, 1.54) is 34.5 Å². The van der Waals surface area contributed by atoms with Crippen molar-refractivity contribution in [2.75, 3.05) is 10.6 Å². The number of benzene rings is 3. The Balaban J connectivity index is 1.47. The molecule has 3 aromatic carbocycles. The zero-order valence-corrected chi connectivity index (χ0v) is 21.6. The first kappa shape index (κ1) is 25.0. The molecule has 5 nitrogen and oxygen atoms in total. The average Bonchev–Trinajstić information content (AvgIpc) is 2.85. The molecule has 35 heavy (non-hydrogen) atoms. The molecule has 0 saturated heterocycles. The molecular formula is C29H34N2O3S. The summed E-state index contributed by atoms with van der Waals surface area (Å²) < 4.78 is 26.3. The van der Waals surface area contributed by atoms with Crippen molar-refractivity contribution in [2.45, 2.75) is 58.5 Å². The van der Waals surface area contributed by atoms with E-state index in [2.05, 4.69) is 30.4 Å². The molecule has 1 aliphatic rings. The van der Waals surface area contributed by atoms with Crippen LogP contribution in [0.3, 0.4) is 0 Å². The zero-order chi connectivity index (χ0) is 25.0. The van der Waals surface area contributed by atoms with E-state index in [0.29, 0.717) is 11.3 Å². The van der Waals surface area contributed by atoms with E-state index in [1.54, 1.807) is 18.2 Å². The lowest BCUT2D eigenvalue weighted by Crippen LogP contribution is -2.30. The van der Waals surface area contributed by atoms with E-state index in [4.69, 9.17) is 0 Å². The minimum Gasteiger partial charge on any atom is -0.345 e. The van der Waals surface area contributed by atoms with Crippen LogP contribution >= 0.6 is 0 Å². The van der Waals surface area contributed by atoms with Crippen LogP contribution in [0.1, 0.15) is 70.4 Å². The monoisotopic (exact) mass is 490 g/mol. The highest BCUT2D eigenvalue weighted by molar-refractivity contribution is 7.92. The second-order valence-electron chi connectivity index (χ2n) is 9.48. The molecule has 184 valence electrons. The summed E-state index contributed by atoms with van der Waals surface area (Å²) >= 11 is 0. The minimum atomic E-state index is -3.46. The highest BCUT2D eigenvalue weighted by atomic mass is 32.2. The van der Waals surface area contributed by atoms with E-state index in [1.807, 2.05) is 37.3 Å². The summed E-state index contributed by atoms with van der Waals surface area (Å²) in [5.74, 6) is -0.125. The van der Waals surface area contributed by atoms with E-state index in [9.17, 15) is 13.2 Å². The fraction of sp³-hybridized carbons (Fsp3) is 0.345. The molecule has 0 heterocycles. The number of nitrogens with one attached hydrogen (secondary N) is 1. The molecule has 1 aliphatic carbocycles. The third-order valence-electron chi connectivity index (χ3n) is 6.72. The number of aryl methyl sites for hydroxylation is 3. The number of carbonyl (C=O) groups excluding carboxylic acids is 1. The Morgan fingerprint density at radius 2 is 1.69 bits per heavy atom. The Bertz CT molecular complexity index is 1300. The van der Waals surface area contributed by atoms with Gasteiger partial charge in [0.25, 0.3) is 5.91 Å². The summed E-state index contributed by atoms with van der Waals surface area (Å²) in [6.45, 7) is 4.22. The Labute approximate surface area is 209 Å². The quantitative estimate of drug-likeness (QED) is 0.439. The van der Waals surface area contributed by atoms with Crippen LogP contribution in [-0.2, 0) is 29.4 Å². The molecule has 0 spiro atoms. The number of hydrogen-bond acceptors (Lipinski definition) is 3. The van der Waals surface area contributed by atoms with Crippen LogP contribution in [0, 0.1) is 6.92 Å². The topological polar surface area (TPSA) is 66.5 Å². The van der Waals surface area contributed by atoms with Gasteiger partial charge in [0.15, 0.2) is 0 Å². The van der Waals surface area contributed by atoms with Gasteiger partial charge in [0.2, 0.25) is 10.0 Å². The number of amides is 1. The van der Waals surface area contributed by atoms with E-state index in [0.717, 1.165) is 36.0 Å². The molecule has 0 bridgehead atoms. The summed E-state index contributed by atoms with van der Waals surface area (Å²) in [4.78, 5) is 13.0. The molecule has 0 aromatic heterocycles. The molecule has 6 heteroatoms. The first-order chi connectivity index (χ1) is 16.7. The van der Waals surface area contributed by atoms with Crippen molar-refractivity contribution in [1.29, 1.82) is 0 Å². The van der Waals surface area contributed by atoms with Gasteiger partial charge in [-0.2, -0.15) is 0 Å². The second-order valence-corrected chi connectivity index (χ2v) is 11.4. The van der Waals surface area contributed by atoms with Crippen molar-refractivity contribution >= 4 is 21.6 Å². The van der Waals surface area contributed by atoms with Crippen molar-refractivity contribution < 1.29 is 13.2 Å². The number of nitrogens with zero attached hydrogens (tertiary/aromatic N) is 1. The maximum absolute atomic E-state index is 13.0. The number of anilines is 1. The van der Waals surface area contributed by atoms with Crippen LogP contribution in [-0.4, -0.2) is 20.6 Å². The van der Waals surface area contributed by atoms with E-state index < -0.39 is 10.0 Å². The van der Waals surface area contributed by atoms with Gasteiger partial charge in [-0.25, -0.2) is 8.42 Å². The predicted octanol–water partition coefficient (Wildman–Crippen LogP) is 5.72. The Kier molecular flexibility index (Phi) is 7.60. The number of carbonyl (C=O) groups is 1. The van der Waals surface area contributed by atoms with Gasteiger partial charge in [0.05, 0.1) is 24.5 Å². The standard InChI is InChI=1S/C29H34N2O3S/c1-4-28(26-17-16-23-9-5-6-10-25(23)19-26)30-29(32)24-14-12-22(13-15-24)20-31(35(3,33)34)27-11-7-8-21(2)18-27/h7-8,11-19,28H,4-6,9-10,20H2,1-3H3,(H,30,32). The Morgan fingerprint density at radius 3 is 2.34 bits per heavy atom. The van der Waals surface area contributed by atoms with E-state index in [-0.39, 0.29) is 18.5 Å². The number of rotatable bonds is 8. The normalized spacial score (nSPS) is 14.1. The van der Waals surface area contributed by atoms with Crippen LogP contribution < -0.4 is 9.62 Å². The minimum absolute atomic E-state index is 0.0450. The van der Waals surface area contributed by atoms with Crippen LogP contribution in [0.25, 0.3) is 0 Å². The van der Waals surface area contributed by atoms with Gasteiger partial charge in [-0.15, -0.1) is 0 Å². The first-order valence-electron chi connectivity index (χ1n) is 12.3. The lowest BCUT2D eigenvalue weighted by atomic mass is 9.88. The molecular weight excluding hydrogens is 456 g/mol. The molecule has 0 fully saturated rings. The second kappa shape index (κ2) is 10.6. The highest BCUT2D eigenvalue weighted by Gasteiger charge is 2.20. The lowest BCUT2D eigenvalue weighted by Gasteiger charge is -2.23. The summed E-state index contributed by atoms with van der Waals surface area (Å²) in [7, 11) is -3.46. The number of sulfonamides is 1. The maximum Gasteiger partial charge on any atom is 0.251 e. The van der Waals surface area contributed by atoms with Crippen LogP contribution in [0.5, 0.6) is 0 Å². The molecule has 1 atom stereocenters. The third kappa shape index (κ3) is 6.12. The third-order valence-corrected chi connectivity index (χ3v) is 7.86. The Morgan fingerprint density at radius 1 is 0.971 bits per heavy atom. The molecule has 0 aliphatic heterocycles. The van der Waals surface area contributed by atoms with Gasteiger partial charge in [0.1, 0.15) is 0 Å². The largest absolute Gasteiger partial charge is 0.345 e. The van der Waals surface area contributed by atoms with Gasteiger partial charge in [-0.1, -0.05) is 49.4 Å². The van der Waals surface area contributed by atoms with Crippen LogP contribution in [0.15, 0.2) is 66.7 Å². The summed E-state index contributed by atoms with van der Waals surface area (Å²) in [6.07, 6.45) is 6.76. The van der Waals surface area contributed by atoms with Gasteiger partial charge in [-0.05, 0) is 91.1 Å². The average molecular weight is 491 g/mol. The number of hydrogen-bond donors (Lipinski definition) is 1. The first-order valence-corrected chi connectivity index (χ1v) is 14.2. The smallest absolute Gasteiger partial charge is 0.251 e. The summed E-state index contributed by atoms with van der Waals surface area (Å²) in [6, 6.07) is 21.2. The molecule has 3 aromatic rings. The van der Waals surface area contributed by atoms with Crippen molar-refractivity contribution in [1.82, 2.24) is 5.32 Å². The summed E-state index contributed by atoms with van der Waals surface area (Å²) in [5, 5.41) is 3.18.